The number of hydrogen-bond donors (Lipinski definition) is 0. The van der Waals surface area contributed by atoms with Crippen LogP contribution in [0.3, 0.4) is 0 Å². The molecular weight excluding hydrogens is 286 g/mol. The maximum atomic E-state index is 13.3. The fraction of sp³-hybridized carbons (Fsp3) is 0.667. The zero-order valence-corrected chi connectivity index (χ0v) is 13.1. The Kier molecular flexibility index (Phi) is 5.09. The van der Waals surface area contributed by atoms with Gasteiger partial charge in [0.15, 0.2) is 17.9 Å². The Morgan fingerprint density at radius 1 is 0.955 bits per heavy atom. The van der Waals surface area contributed by atoms with E-state index in [9.17, 15) is 8.78 Å². The van der Waals surface area contributed by atoms with Crippen LogP contribution in [0.2, 0.25) is 0 Å². The third-order valence-electron chi connectivity index (χ3n) is 5.27. The summed E-state index contributed by atoms with van der Waals surface area (Å²) < 4.78 is 37.8. The molecule has 0 N–H and O–H groups in total. The van der Waals surface area contributed by atoms with Crippen molar-refractivity contribution in [3.63, 3.8) is 0 Å². The molecule has 0 aromatic heterocycles. The van der Waals surface area contributed by atoms with Crippen LogP contribution >= 0.6 is 0 Å². The van der Waals surface area contributed by atoms with Crippen LogP contribution in [-0.2, 0) is 9.47 Å². The first-order valence-electron chi connectivity index (χ1n) is 8.35. The molecule has 1 saturated carbocycles. The van der Waals surface area contributed by atoms with E-state index in [1.807, 2.05) is 0 Å². The zero-order valence-electron chi connectivity index (χ0n) is 13.1. The molecule has 2 fully saturated rings. The van der Waals surface area contributed by atoms with E-state index in [2.05, 4.69) is 6.92 Å². The lowest BCUT2D eigenvalue weighted by Crippen LogP contribution is -2.34. The van der Waals surface area contributed by atoms with Crippen LogP contribution in [0.25, 0.3) is 0 Å². The molecule has 2 aliphatic rings. The maximum Gasteiger partial charge on any atom is 0.183 e. The summed E-state index contributed by atoms with van der Waals surface area (Å²) in [5.41, 5.74) is 0.548. The molecule has 2 nitrogen and oxygen atoms in total. The maximum absolute atomic E-state index is 13.3. The topological polar surface area (TPSA) is 18.5 Å². The minimum atomic E-state index is -0.857. The van der Waals surface area contributed by atoms with Gasteiger partial charge < -0.3 is 9.47 Å². The minimum absolute atomic E-state index is 0.430. The van der Waals surface area contributed by atoms with E-state index in [0.29, 0.717) is 30.6 Å². The van der Waals surface area contributed by atoms with E-state index in [4.69, 9.17) is 9.47 Å². The van der Waals surface area contributed by atoms with Gasteiger partial charge in [-0.15, -0.1) is 0 Å². The predicted molar refractivity (Wildman–Crippen MR) is 80.2 cm³/mol. The highest BCUT2D eigenvalue weighted by molar-refractivity contribution is 5.19. The Bertz CT molecular complexity index is 490. The molecule has 1 aliphatic heterocycles. The van der Waals surface area contributed by atoms with E-state index < -0.39 is 17.9 Å². The molecule has 1 aliphatic carbocycles. The van der Waals surface area contributed by atoms with Crippen LogP contribution in [0.4, 0.5) is 8.78 Å². The van der Waals surface area contributed by atoms with Gasteiger partial charge in [0.25, 0.3) is 0 Å². The van der Waals surface area contributed by atoms with Crippen molar-refractivity contribution in [2.24, 2.45) is 17.8 Å². The fourth-order valence-corrected chi connectivity index (χ4v) is 3.71. The fourth-order valence-electron chi connectivity index (χ4n) is 3.71. The summed E-state index contributed by atoms with van der Waals surface area (Å²) in [6, 6.07) is 3.80. The summed E-state index contributed by atoms with van der Waals surface area (Å²) in [5, 5.41) is 0. The molecule has 0 bridgehead atoms. The van der Waals surface area contributed by atoms with Crippen molar-refractivity contribution in [3.8, 4) is 0 Å². The summed E-state index contributed by atoms with van der Waals surface area (Å²) in [6.45, 7) is 3.56. The summed E-state index contributed by atoms with van der Waals surface area (Å²) in [7, 11) is 0. The number of ether oxygens (including phenoxy) is 2. The molecule has 0 spiro atoms. The number of hydrogen-bond acceptors (Lipinski definition) is 2. The zero-order chi connectivity index (χ0) is 15.5. The first kappa shape index (κ1) is 15.9. The van der Waals surface area contributed by atoms with E-state index in [0.717, 1.165) is 18.1 Å². The molecule has 3 rings (SSSR count). The van der Waals surface area contributed by atoms with Gasteiger partial charge in [0, 0.05) is 11.5 Å². The first-order chi connectivity index (χ1) is 10.7. The van der Waals surface area contributed by atoms with Crippen LogP contribution in [0.1, 0.15) is 50.9 Å². The molecule has 0 radical (unpaired) electrons. The molecule has 0 atom stereocenters. The van der Waals surface area contributed by atoms with Gasteiger partial charge in [-0.1, -0.05) is 32.3 Å². The lowest BCUT2D eigenvalue weighted by molar-refractivity contribution is -0.214. The van der Waals surface area contributed by atoms with Crippen molar-refractivity contribution < 1.29 is 18.3 Å². The Balaban J connectivity index is 1.53. The van der Waals surface area contributed by atoms with Crippen LogP contribution < -0.4 is 0 Å². The second-order valence-corrected chi connectivity index (χ2v) is 6.62. The quantitative estimate of drug-likeness (QED) is 0.795. The summed E-state index contributed by atoms with van der Waals surface area (Å²) in [4.78, 5) is 0. The molecule has 122 valence electrons. The van der Waals surface area contributed by atoms with Crippen molar-refractivity contribution in [2.75, 3.05) is 13.2 Å². The highest BCUT2D eigenvalue weighted by Gasteiger charge is 2.32. The van der Waals surface area contributed by atoms with Crippen molar-refractivity contribution in [2.45, 2.75) is 45.3 Å². The van der Waals surface area contributed by atoms with E-state index in [1.165, 1.54) is 38.2 Å². The van der Waals surface area contributed by atoms with Crippen LogP contribution in [0, 0.1) is 29.4 Å². The predicted octanol–water partition coefficient (Wildman–Crippen LogP) is 4.84. The van der Waals surface area contributed by atoms with Crippen molar-refractivity contribution >= 4 is 0 Å². The van der Waals surface area contributed by atoms with Gasteiger partial charge in [-0.2, -0.15) is 0 Å². The molecule has 1 aromatic rings. The summed E-state index contributed by atoms with van der Waals surface area (Å²) >= 11 is 0. The van der Waals surface area contributed by atoms with Crippen molar-refractivity contribution in [3.05, 3.63) is 35.4 Å². The second-order valence-electron chi connectivity index (χ2n) is 6.62. The van der Waals surface area contributed by atoms with Gasteiger partial charge in [0.2, 0.25) is 0 Å². The molecular formula is C18H24F2O2. The van der Waals surface area contributed by atoms with Gasteiger partial charge in [0.05, 0.1) is 13.2 Å². The average Bonchev–Trinajstić information content (AvgIpc) is 2.58. The Hall–Kier alpha value is -1.00. The highest BCUT2D eigenvalue weighted by Crippen LogP contribution is 2.38. The standard InChI is InChI=1S/C18H24F2O2/c1-2-12-3-5-13(6-4-12)15-10-21-18(22-11-15)14-7-8-16(19)17(20)9-14/h7-9,12-13,15,18H,2-6,10-11H2,1H3/t12-,13-,15-,18-. The molecule has 0 unspecified atom stereocenters. The first-order valence-corrected chi connectivity index (χ1v) is 8.35. The van der Waals surface area contributed by atoms with E-state index in [1.54, 1.807) is 0 Å². The lowest BCUT2D eigenvalue weighted by atomic mass is 9.75. The number of halogens is 2. The lowest BCUT2D eigenvalue weighted by Gasteiger charge is -2.37. The van der Waals surface area contributed by atoms with E-state index >= 15 is 0 Å². The third kappa shape index (κ3) is 3.49. The van der Waals surface area contributed by atoms with E-state index in [-0.39, 0.29) is 0 Å². The van der Waals surface area contributed by atoms with Gasteiger partial charge >= 0.3 is 0 Å². The molecule has 0 amide bonds. The largest absolute Gasteiger partial charge is 0.348 e. The Morgan fingerprint density at radius 3 is 2.23 bits per heavy atom. The normalized spacial score (nSPS) is 32.9. The molecule has 1 heterocycles. The van der Waals surface area contributed by atoms with Gasteiger partial charge in [-0.3, -0.25) is 0 Å². The third-order valence-corrected chi connectivity index (χ3v) is 5.27. The molecule has 1 aromatic carbocycles. The van der Waals surface area contributed by atoms with Gasteiger partial charge in [-0.25, -0.2) is 8.78 Å². The molecule has 1 saturated heterocycles. The SMILES string of the molecule is CC[C@H]1CC[C@H]([C@H]2CO[C@H](c3ccc(F)c(F)c3)OC2)CC1. The molecule has 22 heavy (non-hydrogen) atoms. The van der Waals surface area contributed by atoms with Gasteiger partial charge in [-0.05, 0) is 36.8 Å². The second kappa shape index (κ2) is 7.05. The molecule has 4 heteroatoms. The average molecular weight is 310 g/mol. The van der Waals surface area contributed by atoms with Gasteiger partial charge in [0.1, 0.15) is 0 Å². The van der Waals surface area contributed by atoms with Crippen molar-refractivity contribution in [1.29, 1.82) is 0 Å². The number of rotatable bonds is 3. The monoisotopic (exact) mass is 310 g/mol. The van der Waals surface area contributed by atoms with Crippen LogP contribution in [0.5, 0.6) is 0 Å². The minimum Gasteiger partial charge on any atom is -0.348 e. The van der Waals surface area contributed by atoms with Crippen molar-refractivity contribution in [1.82, 2.24) is 0 Å². The smallest absolute Gasteiger partial charge is 0.183 e. The Labute approximate surface area is 130 Å². The van der Waals surface area contributed by atoms with Crippen LogP contribution in [-0.4, -0.2) is 13.2 Å². The highest BCUT2D eigenvalue weighted by atomic mass is 19.2. The number of benzene rings is 1. The summed E-state index contributed by atoms with van der Waals surface area (Å²) in [6.07, 6.45) is 5.84. The van der Waals surface area contributed by atoms with Crippen LogP contribution in [0.15, 0.2) is 18.2 Å². The Morgan fingerprint density at radius 2 is 1.64 bits per heavy atom. The summed E-state index contributed by atoms with van der Waals surface area (Å²) in [5.74, 6) is 0.291.